The van der Waals surface area contributed by atoms with Crippen LogP contribution in [0.1, 0.15) is 54.1 Å². The van der Waals surface area contributed by atoms with Crippen LogP contribution < -0.4 is 16.4 Å². The Morgan fingerprint density at radius 2 is 2.00 bits per heavy atom. The van der Waals surface area contributed by atoms with Crippen LogP contribution in [-0.4, -0.2) is 23.6 Å². The van der Waals surface area contributed by atoms with E-state index in [0.29, 0.717) is 30.5 Å². The van der Waals surface area contributed by atoms with Crippen LogP contribution in [0.25, 0.3) is 0 Å². The Bertz CT molecular complexity index is 719. The summed E-state index contributed by atoms with van der Waals surface area (Å²) < 4.78 is 5.31. The summed E-state index contributed by atoms with van der Waals surface area (Å²) in [5, 5.41) is 10.4. The lowest BCUT2D eigenvalue weighted by molar-refractivity contribution is 0.100. The third-order valence-electron chi connectivity index (χ3n) is 3.60. The highest BCUT2D eigenvalue weighted by Crippen LogP contribution is 2.13. The zero-order valence-electron chi connectivity index (χ0n) is 14.9. The van der Waals surface area contributed by atoms with E-state index < -0.39 is 5.91 Å². The van der Waals surface area contributed by atoms with E-state index in [1.54, 1.807) is 12.1 Å². The quantitative estimate of drug-likeness (QED) is 0.528. The van der Waals surface area contributed by atoms with Gasteiger partial charge in [0.2, 0.25) is 5.91 Å². The molecule has 0 radical (unpaired) electrons. The van der Waals surface area contributed by atoms with Gasteiger partial charge in [-0.25, -0.2) is 4.99 Å². The van der Waals surface area contributed by atoms with E-state index in [9.17, 15) is 4.79 Å². The minimum absolute atomic E-state index is 0.336. The van der Waals surface area contributed by atoms with Crippen molar-refractivity contribution in [1.29, 1.82) is 0 Å². The Hall–Kier alpha value is -2.83. The molecule has 0 aliphatic heterocycles. The van der Waals surface area contributed by atoms with Gasteiger partial charge in [-0.05, 0) is 30.5 Å². The molecule has 2 rings (SSSR count). The summed E-state index contributed by atoms with van der Waals surface area (Å²) in [4.78, 5) is 15.6. The summed E-state index contributed by atoms with van der Waals surface area (Å²) in [5.41, 5.74) is 7.66. The average Bonchev–Trinajstić information content (AvgIpc) is 3.07. The molecular weight excluding hydrogens is 318 g/mol. The maximum atomic E-state index is 11.1. The molecule has 1 aromatic carbocycles. The van der Waals surface area contributed by atoms with E-state index in [1.807, 2.05) is 25.1 Å². The first kappa shape index (κ1) is 18.5. The largest absolute Gasteiger partial charge is 0.366 e. The second kappa shape index (κ2) is 8.86. The predicted octanol–water partition coefficient (Wildman–Crippen LogP) is 2.15. The standard InChI is InChI=1S/C18H25N5O2/c1-4-20-18(22-11-15-9-16(12(2)3)23-25-15)21-10-13-5-7-14(8-6-13)17(19)24/h5-9,12H,4,10-11H2,1-3H3,(H2,19,24)(H2,20,21,22). The summed E-state index contributed by atoms with van der Waals surface area (Å²) in [5.74, 6) is 1.35. The zero-order valence-corrected chi connectivity index (χ0v) is 14.9. The molecule has 0 aliphatic carbocycles. The van der Waals surface area contributed by atoms with Crippen molar-refractivity contribution < 1.29 is 9.32 Å². The molecule has 7 heteroatoms. The molecule has 0 aliphatic rings. The normalized spacial score (nSPS) is 11.6. The Labute approximate surface area is 147 Å². The Morgan fingerprint density at radius 3 is 2.56 bits per heavy atom. The van der Waals surface area contributed by atoms with Crippen molar-refractivity contribution in [2.45, 2.75) is 39.8 Å². The van der Waals surface area contributed by atoms with E-state index >= 15 is 0 Å². The van der Waals surface area contributed by atoms with Gasteiger partial charge in [0, 0.05) is 18.2 Å². The molecule has 0 saturated carbocycles. The van der Waals surface area contributed by atoms with Crippen molar-refractivity contribution in [3.63, 3.8) is 0 Å². The highest BCUT2D eigenvalue weighted by Gasteiger charge is 2.08. The number of aliphatic imine (C=N–C) groups is 1. The van der Waals surface area contributed by atoms with E-state index in [1.165, 1.54) is 0 Å². The van der Waals surface area contributed by atoms with Crippen LogP contribution >= 0.6 is 0 Å². The number of rotatable bonds is 7. The second-order valence-electron chi connectivity index (χ2n) is 5.98. The number of primary amides is 1. The fourth-order valence-corrected chi connectivity index (χ4v) is 2.14. The molecule has 25 heavy (non-hydrogen) atoms. The number of guanidine groups is 1. The first-order valence-electron chi connectivity index (χ1n) is 8.36. The third kappa shape index (κ3) is 5.63. The zero-order chi connectivity index (χ0) is 18.2. The van der Waals surface area contributed by atoms with Gasteiger partial charge in [-0.1, -0.05) is 31.1 Å². The van der Waals surface area contributed by atoms with Crippen molar-refractivity contribution in [3.05, 3.63) is 52.9 Å². The molecule has 1 aromatic heterocycles. The molecule has 0 atom stereocenters. The number of nitrogens with two attached hydrogens (primary N) is 1. The fraction of sp³-hybridized carbons (Fsp3) is 0.389. The lowest BCUT2D eigenvalue weighted by Crippen LogP contribution is -2.36. The summed E-state index contributed by atoms with van der Waals surface area (Å²) in [6, 6.07) is 9.05. The van der Waals surface area contributed by atoms with Crippen molar-refractivity contribution in [2.75, 3.05) is 6.54 Å². The average molecular weight is 343 g/mol. The van der Waals surface area contributed by atoms with Gasteiger partial charge in [-0.2, -0.15) is 0 Å². The number of nitrogens with one attached hydrogen (secondary N) is 2. The maximum Gasteiger partial charge on any atom is 0.248 e. The van der Waals surface area contributed by atoms with Crippen LogP contribution in [0.3, 0.4) is 0 Å². The SMILES string of the molecule is CCNC(=NCc1ccc(C(N)=O)cc1)NCc1cc(C(C)C)no1. The minimum atomic E-state index is -0.433. The molecule has 1 amide bonds. The summed E-state index contributed by atoms with van der Waals surface area (Å²) >= 11 is 0. The van der Waals surface area contributed by atoms with E-state index in [-0.39, 0.29) is 0 Å². The van der Waals surface area contributed by atoms with Crippen LogP contribution in [0.2, 0.25) is 0 Å². The molecule has 1 heterocycles. The molecule has 134 valence electrons. The van der Waals surface area contributed by atoms with Crippen LogP contribution in [0.4, 0.5) is 0 Å². The number of carbonyl (C=O) groups is 1. The Balaban J connectivity index is 1.96. The molecular formula is C18H25N5O2. The summed E-state index contributed by atoms with van der Waals surface area (Å²) in [7, 11) is 0. The van der Waals surface area contributed by atoms with Gasteiger partial charge >= 0.3 is 0 Å². The first-order valence-corrected chi connectivity index (χ1v) is 8.36. The van der Waals surface area contributed by atoms with E-state index in [4.69, 9.17) is 10.3 Å². The minimum Gasteiger partial charge on any atom is -0.366 e. The van der Waals surface area contributed by atoms with Crippen LogP contribution in [-0.2, 0) is 13.1 Å². The number of aromatic nitrogens is 1. The van der Waals surface area contributed by atoms with Crippen LogP contribution in [0.5, 0.6) is 0 Å². The molecule has 0 fully saturated rings. The van der Waals surface area contributed by atoms with Crippen molar-refractivity contribution in [3.8, 4) is 0 Å². The lowest BCUT2D eigenvalue weighted by Gasteiger charge is -2.10. The number of carbonyl (C=O) groups excluding carboxylic acids is 1. The van der Waals surface area contributed by atoms with Gasteiger partial charge in [0.05, 0.1) is 18.8 Å². The predicted molar refractivity (Wildman–Crippen MR) is 97.2 cm³/mol. The van der Waals surface area contributed by atoms with Gasteiger partial charge in [-0.15, -0.1) is 0 Å². The monoisotopic (exact) mass is 343 g/mol. The molecule has 0 saturated heterocycles. The van der Waals surface area contributed by atoms with E-state index in [0.717, 1.165) is 23.6 Å². The van der Waals surface area contributed by atoms with Gasteiger partial charge in [-0.3, -0.25) is 4.79 Å². The molecule has 7 nitrogen and oxygen atoms in total. The smallest absolute Gasteiger partial charge is 0.248 e. The number of hydrogen-bond acceptors (Lipinski definition) is 4. The van der Waals surface area contributed by atoms with Crippen LogP contribution in [0.15, 0.2) is 39.8 Å². The first-order chi connectivity index (χ1) is 12.0. The number of amides is 1. The van der Waals surface area contributed by atoms with Gasteiger partial charge in [0.15, 0.2) is 11.7 Å². The van der Waals surface area contributed by atoms with Crippen molar-refractivity contribution >= 4 is 11.9 Å². The van der Waals surface area contributed by atoms with Crippen molar-refractivity contribution in [2.24, 2.45) is 10.7 Å². The number of hydrogen-bond donors (Lipinski definition) is 3. The van der Waals surface area contributed by atoms with E-state index in [2.05, 4.69) is 34.6 Å². The van der Waals surface area contributed by atoms with Gasteiger partial charge < -0.3 is 20.9 Å². The number of benzene rings is 1. The highest BCUT2D eigenvalue weighted by molar-refractivity contribution is 5.92. The summed E-state index contributed by atoms with van der Waals surface area (Å²) in [6.45, 7) is 7.90. The van der Waals surface area contributed by atoms with Gasteiger partial charge in [0.1, 0.15) is 0 Å². The van der Waals surface area contributed by atoms with Crippen LogP contribution in [0, 0.1) is 0 Å². The Morgan fingerprint density at radius 1 is 1.28 bits per heavy atom. The fourth-order valence-electron chi connectivity index (χ4n) is 2.14. The lowest BCUT2D eigenvalue weighted by atomic mass is 10.1. The molecule has 0 unspecified atom stereocenters. The molecule has 0 spiro atoms. The van der Waals surface area contributed by atoms with Crippen molar-refractivity contribution in [1.82, 2.24) is 15.8 Å². The Kier molecular flexibility index (Phi) is 6.56. The molecule has 0 bridgehead atoms. The maximum absolute atomic E-state index is 11.1. The highest BCUT2D eigenvalue weighted by atomic mass is 16.5. The molecule has 4 N–H and O–H groups in total. The topological polar surface area (TPSA) is 106 Å². The third-order valence-corrected chi connectivity index (χ3v) is 3.60. The number of nitrogens with zero attached hydrogens (tertiary/aromatic N) is 2. The molecule has 2 aromatic rings. The summed E-state index contributed by atoms with van der Waals surface area (Å²) in [6.07, 6.45) is 0. The van der Waals surface area contributed by atoms with Gasteiger partial charge in [0.25, 0.3) is 0 Å². The second-order valence-corrected chi connectivity index (χ2v) is 5.98.